The normalized spacial score (nSPS) is 12.1. The molecule has 0 fully saturated rings. The zero-order chi connectivity index (χ0) is 23.3. The fourth-order valence-corrected chi connectivity index (χ4v) is 4.71. The van der Waals surface area contributed by atoms with Crippen LogP contribution < -0.4 is 14.8 Å². The van der Waals surface area contributed by atoms with E-state index in [1.165, 1.54) is 18.2 Å². The number of halogens is 3. The predicted molar refractivity (Wildman–Crippen MR) is 130 cm³/mol. The first-order valence-electron chi connectivity index (χ1n) is 9.39. The maximum Gasteiger partial charge on any atom is 0.261 e. The molecule has 3 aromatic carbocycles. The Labute approximate surface area is 205 Å². The topological polar surface area (TPSA) is 84.5 Å². The summed E-state index contributed by atoms with van der Waals surface area (Å²) in [6.07, 6.45) is 0. The second-order valence-corrected chi connectivity index (χ2v) is 10.3. The van der Waals surface area contributed by atoms with Crippen LogP contribution in [-0.4, -0.2) is 20.9 Å². The lowest BCUT2D eigenvalue weighted by atomic mass is 10.1. The number of sulfonamides is 1. The number of carbonyl (C=O) groups excluding carboxylic acids is 1. The average molecular weight is 558 g/mol. The fraction of sp³-hybridized carbons (Fsp3) is 0.136. The molecule has 0 saturated heterocycles. The molecule has 3 aromatic rings. The smallest absolute Gasteiger partial charge is 0.261 e. The van der Waals surface area contributed by atoms with E-state index in [1.807, 2.05) is 31.2 Å². The predicted octanol–water partition coefficient (Wildman–Crippen LogP) is 5.81. The maximum atomic E-state index is 12.6. The zero-order valence-electron chi connectivity index (χ0n) is 16.8. The summed E-state index contributed by atoms with van der Waals surface area (Å²) in [6.45, 7) is 1.59. The van der Waals surface area contributed by atoms with E-state index in [1.54, 1.807) is 24.3 Å². The Bertz CT molecular complexity index is 1220. The molecular weight excluding hydrogens is 539 g/mol. The molecule has 0 aromatic heterocycles. The van der Waals surface area contributed by atoms with Crippen LogP contribution in [-0.2, 0) is 14.8 Å². The van der Waals surface area contributed by atoms with Gasteiger partial charge in [-0.3, -0.25) is 9.52 Å². The fourth-order valence-electron chi connectivity index (χ4n) is 2.78. The number of hydrogen-bond acceptors (Lipinski definition) is 4. The molecule has 3 rings (SSSR count). The van der Waals surface area contributed by atoms with Gasteiger partial charge in [-0.05, 0) is 67.1 Å². The van der Waals surface area contributed by atoms with Gasteiger partial charge in [0.25, 0.3) is 15.9 Å². The average Bonchev–Trinajstić information content (AvgIpc) is 2.74. The summed E-state index contributed by atoms with van der Waals surface area (Å²) >= 11 is 15.4. The van der Waals surface area contributed by atoms with E-state index in [2.05, 4.69) is 26.0 Å². The van der Waals surface area contributed by atoms with Crippen LogP contribution in [0, 0.1) is 0 Å². The van der Waals surface area contributed by atoms with E-state index >= 15 is 0 Å². The molecule has 168 valence electrons. The minimum absolute atomic E-state index is 0.0440. The Morgan fingerprint density at radius 1 is 1.06 bits per heavy atom. The Morgan fingerprint density at radius 3 is 2.44 bits per heavy atom. The second kappa shape index (κ2) is 10.6. The first kappa shape index (κ1) is 24.4. The molecule has 32 heavy (non-hydrogen) atoms. The maximum absolute atomic E-state index is 12.6. The minimum atomic E-state index is -3.86. The molecule has 0 unspecified atom stereocenters. The second-order valence-electron chi connectivity index (χ2n) is 6.84. The lowest BCUT2D eigenvalue weighted by molar-refractivity contribution is -0.123. The van der Waals surface area contributed by atoms with Crippen molar-refractivity contribution in [1.29, 1.82) is 0 Å². The third-order valence-electron chi connectivity index (χ3n) is 4.40. The van der Waals surface area contributed by atoms with Crippen molar-refractivity contribution in [1.82, 2.24) is 5.32 Å². The van der Waals surface area contributed by atoms with Gasteiger partial charge in [-0.2, -0.15) is 0 Å². The highest BCUT2D eigenvalue weighted by molar-refractivity contribution is 9.10. The standard InChI is InChI=1S/C22H19BrCl2N2O4S/c1-14(15-3-2-4-16(23)11-15)26-22(28)13-31-21-10-9-19(12-20(21)25)32(29,30)27-18-7-5-17(24)6-8-18/h2-12,14,27H,13H2,1H3,(H,26,28)/t14-/m1/s1. The molecule has 0 spiro atoms. The molecule has 1 amide bonds. The molecule has 2 N–H and O–H groups in total. The molecule has 1 atom stereocenters. The minimum Gasteiger partial charge on any atom is -0.482 e. The zero-order valence-corrected chi connectivity index (χ0v) is 20.7. The van der Waals surface area contributed by atoms with Crippen molar-refractivity contribution in [2.75, 3.05) is 11.3 Å². The van der Waals surface area contributed by atoms with Gasteiger partial charge in [0.2, 0.25) is 0 Å². The number of amides is 1. The van der Waals surface area contributed by atoms with Crippen LogP contribution in [0.1, 0.15) is 18.5 Å². The number of rotatable bonds is 8. The Morgan fingerprint density at radius 2 is 1.78 bits per heavy atom. The van der Waals surface area contributed by atoms with Crippen LogP contribution in [0.2, 0.25) is 10.0 Å². The number of benzene rings is 3. The van der Waals surface area contributed by atoms with Gasteiger partial charge in [-0.1, -0.05) is 51.3 Å². The lowest BCUT2D eigenvalue weighted by Crippen LogP contribution is -2.31. The number of anilines is 1. The van der Waals surface area contributed by atoms with Crippen molar-refractivity contribution >= 4 is 60.7 Å². The molecule has 10 heteroatoms. The van der Waals surface area contributed by atoms with Gasteiger partial charge in [0.1, 0.15) is 5.75 Å². The summed E-state index contributed by atoms with van der Waals surface area (Å²) in [5.74, 6) is -0.142. The van der Waals surface area contributed by atoms with E-state index in [0.29, 0.717) is 10.7 Å². The van der Waals surface area contributed by atoms with Crippen LogP contribution in [0.5, 0.6) is 5.75 Å². The van der Waals surface area contributed by atoms with Crippen LogP contribution in [0.25, 0.3) is 0 Å². The largest absolute Gasteiger partial charge is 0.482 e. The number of carbonyl (C=O) groups is 1. The molecule has 0 aliphatic rings. The van der Waals surface area contributed by atoms with Crippen molar-refractivity contribution in [3.8, 4) is 5.75 Å². The summed E-state index contributed by atoms with van der Waals surface area (Å²) < 4.78 is 34.0. The van der Waals surface area contributed by atoms with Crippen LogP contribution in [0.3, 0.4) is 0 Å². The molecule has 0 aliphatic carbocycles. The van der Waals surface area contributed by atoms with E-state index in [9.17, 15) is 13.2 Å². The van der Waals surface area contributed by atoms with Gasteiger partial charge in [0.15, 0.2) is 6.61 Å². The summed E-state index contributed by atoms with van der Waals surface area (Å²) in [5.41, 5.74) is 1.30. The van der Waals surface area contributed by atoms with Crippen LogP contribution in [0.15, 0.2) is 76.1 Å². The third-order valence-corrected chi connectivity index (χ3v) is 6.81. The first-order chi connectivity index (χ1) is 15.1. The molecule has 0 bridgehead atoms. The number of nitrogens with one attached hydrogen (secondary N) is 2. The van der Waals surface area contributed by atoms with E-state index in [-0.39, 0.29) is 34.2 Å². The van der Waals surface area contributed by atoms with E-state index in [4.69, 9.17) is 27.9 Å². The Balaban J connectivity index is 1.61. The van der Waals surface area contributed by atoms with Crippen molar-refractivity contribution in [3.05, 3.63) is 86.8 Å². The van der Waals surface area contributed by atoms with Gasteiger partial charge in [0, 0.05) is 15.2 Å². The summed E-state index contributed by atoms with van der Waals surface area (Å²) in [5, 5.41) is 3.40. The van der Waals surface area contributed by atoms with E-state index < -0.39 is 10.0 Å². The van der Waals surface area contributed by atoms with Crippen molar-refractivity contribution in [3.63, 3.8) is 0 Å². The van der Waals surface area contributed by atoms with Gasteiger partial charge < -0.3 is 10.1 Å². The van der Waals surface area contributed by atoms with Crippen molar-refractivity contribution < 1.29 is 17.9 Å². The number of ether oxygens (including phenoxy) is 1. The monoisotopic (exact) mass is 556 g/mol. The quantitative estimate of drug-likeness (QED) is 0.366. The molecule has 0 radical (unpaired) electrons. The molecule has 0 saturated carbocycles. The SMILES string of the molecule is C[C@@H](NC(=O)COc1ccc(S(=O)(=O)Nc2ccc(Cl)cc2)cc1Cl)c1cccc(Br)c1. The molecular formula is C22H19BrCl2N2O4S. The summed E-state index contributed by atoms with van der Waals surface area (Å²) in [4.78, 5) is 12.2. The summed E-state index contributed by atoms with van der Waals surface area (Å²) in [7, 11) is -3.86. The summed E-state index contributed by atoms with van der Waals surface area (Å²) in [6, 6.07) is 17.7. The van der Waals surface area contributed by atoms with Gasteiger partial charge >= 0.3 is 0 Å². The molecule has 6 nitrogen and oxygen atoms in total. The van der Waals surface area contributed by atoms with Crippen molar-refractivity contribution in [2.45, 2.75) is 17.9 Å². The first-order valence-corrected chi connectivity index (χ1v) is 12.4. The van der Waals surface area contributed by atoms with Crippen molar-refractivity contribution in [2.24, 2.45) is 0 Å². The highest BCUT2D eigenvalue weighted by atomic mass is 79.9. The van der Waals surface area contributed by atoms with Gasteiger partial charge in [-0.15, -0.1) is 0 Å². The highest BCUT2D eigenvalue weighted by Crippen LogP contribution is 2.28. The van der Waals surface area contributed by atoms with E-state index in [0.717, 1.165) is 10.0 Å². The Kier molecular flexibility index (Phi) is 8.05. The van der Waals surface area contributed by atoms with Crippen LogP contribution in [0.4, 0.5) is 5.69 Å². The van der Waals surface area contributed by atoms with Gasteiger partial charge in [-0.25, -0.2) is 8.42 Å². The van der Waals surface area contributed by atoms with Gasteiger partial charge in [0.05, 0.1) is 16.0 Å². The third kappa shape index (κ3) is 6.62. The highest BCUT2D eigenvalue weighted by Gasteiger charge is 2.17. The van der Waals surface area contributed by atoms with Crippen LogP contribution >= 0.6 is 39.1 Å². The molecule has 0 aliphatic heterocycles. The Hall–Kier alpha value is -2.26. The molecule has 0 heterocycles. The lowest BCUT2D eigenvalue weighted by Gasteiger charge is -2.15. The number of hydrogen-bond donors (Lipinski definition) is 2.